The van der Waals surface area contributed by atoms with Crippen LogP contribution in [-0.4, -0.2) is 54.3 Å². The number of benzene rings is 1. The number of carbonyl (C=O) groups is 1. The average molecular weight is 434 g/mol. The minimum Gasteiger partial charge on any atom is -0.383 e. The maximum atomic E-state index is 13.0. The third kappa shape index (κ3) is 5.91. The van der Waals surface area contributed by atoms with Crippen LogP contribution in [0.3, 0.4) is 0 Å². The number of hydrogen-bond acceptors (Lipinski definition) is 5. The van der Waals surface area contributed by atoms with Crippen molar-refractivity contribution in [3.63, 3.8) is 0 Å². The lowest BCUT2D eigenvalue weighted by atomic mass is 10.1. The largest absolute Gasteiger partial charge is 0.416 e. The molecule has 1 amide bonds. The summed E-state index contributed by atoms with van der Waals surface area (Å²) < 4.78 is 45.3. The van der Waals surface area contributed by atoms with Gasteiger partial charge in [-0.3, -0.25) is 4.79 Å². The number of rotatable bonds is 9. The number of nitrogens with one attached hydrogen (secondary N) is 2. The van der Waals surface area contributed by atoms with Crippen molar-refractivity contribution < 1.29 is 22.7 Å². The molecule has 29 heavy (non-hydrogen) atoms. The molecule has 2 aromatic rings. The number of aromatic nitrogens is 3. The number of methoxy groups -OCH3 is 1. The van der Waals surface area contributed by atoms with Crippen LogP contribution in [0.4, 0.5) is 13.2 Å². The molecule has 1 saturated carbocycles. The molecule has 0 aliphatic heterocycles. The summed E-state index contributed by atoms with van der Waals surface area (Å²) in [6, 6.07) is 4.86. The molecule has 3 rings (SSSR count). The molecule has 7 nitrogen and oxygen atoms in total. The molecule has 11 heteroatoms. The van der Waals surface area contributed by atoms with Gasteiger partial charge in [-0.15, -0.1) is 17.5 Å². The first kappa shape index (κ1) is 23.1. The van der Waals surface area contributed by atoms with Crippen LogP contribution in [0, 0.1) is 0 Å². The van der Waals surface area contributed by atoms with Crippen molar-refractivity contribution in [1.29, 1.82) is 0 Å². The van der Waals surface area contributed by atoms with Gasteiger partial charge in [0.2, 0.25) is 0 Å². The predicted molar refractivity (Wildman–Crippen MR) is 103 cm³/mol. The Morgan fingerprint density at radius 2 is 2.03 bits per heavy atom. The molecule has 1 aliphatic carbocycles. The first-order chi connectivity index (χ1) is 13.4. The van der Waals surface area contributed by atoms with E-state index in [2.05, 4.69) is 20.9 Å². The Bertz CT molecular complexity index is 824. The number of nitrogens with zero attached hydrogens (tertiary/aromatic N) is 3. The summed E-state index contributed by atoms with van der Waals surface area (Å²) in [5.41, 5.74) is 0.195. The summed E-state index contributed by atoms with van der Waals surface area (Å²) in [6.45, 7) is 2.20. The fourth-order valence-electron chi connectivity index (χ4n) is 2.83. The van der Waals surface area contributed by atoms with Gasteiger partial charge in [-0.1, -0.05) is 11.3 Å². The zero-order valence-corrected chi connectivity index (χ0v) is 16.6. The second-order valence-corrected chi connectivity index (χ2v) is 6.56. The predicted octanol–water partition coefficient (Wildman–Crippen LogP) is 2.55. The summed E-state index contributed by atoms with van der Waals surface area (Å²) in [5.74, 6) is -0.307. The van der Waals surface area contributed by atoms with Gasteiger partial charge in [0.15, 0.2) is 5.69 Å². The molecule has 160 valence electrons. The van der Waals surface area contributed by atoms with Gasteiger partial charge in [0, 0.05) is 32.7 Å². The van der Waals surface area contributed by atoms with Crippen molar-refractivity contribution in [1.82, 2.24) is 25.6 Å². The first-order valence-electron chi connectivity index (χ1n) is 9.03. The van der Waals surface area contributed by atoms with Gasteiger partial charge in [-0.25, -0.2) is 4.68 Å². The van der Waals surface area contributed by atoms with Crippen molar-refractivity contribution >= 4 is 18.3 Å². The Labute approximate surface area is 172 Å². The molecule has 1 fully saturated rings. The molecule has 1 aromatic carbocycles. The highest BCUT2D eigenvalue weighted by molar-refractivity contribution is 5.93. The standard InChI is InChI=1S/C18H22F3N5O2.ClH/c1-28-10-9-22-7-8-23-17(27)15-16(12-5-6-12)26(25-24-15)14-4-2-3-13(11-14)18(19,20)21;/h2-4,11-12,22H,5-10H2,1H3,(H,23,27);1H. The normalized spacial score (nSPS) is 13.8. The van der Waals surface area contributed by atoms with Crippen LogP contribution >= 0.6 is 12.4 Å². The van der Waals surface area contributed by atoms with Crippen molar-refractivity contribution in [3.8, 4) is 5.69 Å². The van der Waals surface area contributed by atoms with E-state index in [4.69, 9.17) is 4.74 Å². The third-order valence-corrected chi connectivity index (χ3v) is 4.37. The van der Waals surface area contributed by atoms with E-state index < -0.39 is 11.7 Å². The Morgan fingerprint density at radius 1 is 1.28 bits per heavy atom. The highest BCUT2D eigenvalue weighted by Crippen LogP contribution is 2.42. The van der Waals surface area contributed by atoms with E-state index in [0.29, 0.717) is 31.9 Å². The monoisotopic (exact) mass is 433 g/mol. The van der Waals surface area contributed by atoms with Crippen LogP contribution in [-0.2, 0) is 10.9 Å². The fourth-order valence-corrected chi connectivity index (χ4v) is 2.83. The van der Waals surface area contributed by atoms with Crippen molar-refractivity contribution in [3.05, 3.63) is 41.2 Å². The first-order valence-corrected chi connectivity index (χ1v) is 9.03. The van der Waals surface area contributed by atoms with Gasteiger partial charge >= 0.3 is 6.18 Å². The van der Waals surface area contributed by atoms with Crippen molar-refractivity contribution in [2.75, 3.05) is 33.4 Å². The summed E-state index contributed by atoms with van der Waals surface area (Å²) in [7, 11) is 1.61. The number of ether oxygens (including phenoxy) is 1. The third-order valence-electron chi connectivity index (χ3n) is 4.37. The van der Waals surface area contributed by atoms with Gasteiger partial charge in [-0.05, 0) is 31.0 Å². The van der Waals surface area contributed by atoms with E-state index in [-0.39, 0.29) is 35.6 Å². The van der Waals surface area contributed by atoms with Gasteiger partial charge in [-0.2, -0.15) is 13.2 Å². The van der Waals surface area contributed by atoms with Crippen LogP contribution in [0.1, 0.15) is 40.5 Å². The number of alkyl halides is 3. The maximum absolute atomic E-state index is 13.0. The quantitative estimate of drug-likeness (QED) is 0.594. The van der Waals surface area contributed by atoms with E-state index >= 15 is 0 Å². The fraction of sp³-hybridized carbons (Fsp3) is 0.500. The molecule has 0 bridgehead atoms. The summed E-state index contributed by atoms with van der Waals surface area (Å²) in [6.07, 6.45) is -2.75. The lowest BCUT2D eigenvalue weighted by Crippen LogP contribution is -2.33. The molecule has 0 saturated heterocycles. The van der Waals surface area contributed by atoms with Crippen LogP contribution in [0.2, 0.25) is 0 Å². The molecular formula is C18H23ClF3N5O2. The van der Waals surface area contributed by atoms with E-state index in [1.165, 1.54) is 16.8 Å². The molecular weight excluding hydrogens is 411 g/mol. The van der Waals surface area contributed by atoms with Crippen LogP contribution in [0.15, 0.2) is 24.3 Å². The van der Waals surface area contributed by atoms with Crippen LogP contribution in [0.5, 0.6) is 0 Å². The number of halogens is 4. The molecule has 1 heterocycles. The number of carbonyl (C=O) groups excluding carboxylic acids is 1. The second kappa shape index (κ2) is 10.0. The molecule has 0 radical (unpaired) electrons. The van der Waals surface area contributed by atoms with Gasteiger partial charge in [0.05, 0.1) is 23.6 Å². The Balaban J connectivity index is 0.00000300. The van der Waals surface area contributed by atoms with Crippen LogP contribution < -0.4 is 10.6 Å². The molecule has 0 atom stereocenters. The molecule has 0 spiro atoms. The minimum absolute atomic E-state index is 0. The van der Waals surface area contributed by atoms with Crippen molar-refractivity contribution in [2.45, 2.75) is 24.9 Å². The summed E-state index contributed by atoms with van der Waals surface area (Å²) in [4.78, 5) is 12.5. The smallest absolute Gasteiger partial charge is 0.383 e. The Morgan fingerprint density at radius 3 is 2.69 bits per heavy atom. The second-order valence-electron chi connectivity index (χ2n) is 6.56. The molecule has 0 unspecified atom stereocenters. The molecule has 1 aliphatic rings. The van der Waals surface area contributed by atoms with E-state index in [1.807, 2.05) is 0 Å². The van der Waals surface area contributed by atoms with E-state index in [0.717, 1.165) is 25.0 Å². The van der Waals surface area contributed by atoms with Gasteiger partial charge < -0.3 is 15.4 Å². The number of hydrogen-bond donors (Lipinski definition) is 2. The summed E-state index contributed by atoms with van der Waals surface area (Å²) in [5, 5.41) is 13.8. The zero-order chi connectivity index (χ0) is 20.1. The van der Waals surface area contributed by atoms with Crippen LogP contribution in [0.25, 0.3) is 5.69 Å². The maximum Gasteiger partial charge on any atom is 0.416 e. The molecule has 1 aromatic heterocycles. The lowest BCUT2D eigenvalue weighted by molar-refractivity contribution is -0.137. The van der Waals surface area contributed by atoms with Gasteiger partial charge in [0.1, 0.15) is 0 Å². The highest BCUT2D eigenvalue weighted by atomic mass is 35.5. The lowest BCUT2D eigenvalue weighted by Gasteiger charge is -2.11. The van der Waals surface area contributed by atoms with Gasteiger partial charge in [0.25, 0.3) is 5.91 Å². The SMILES string of the molecule is COCCNCCNC(=O)c1nnn(-c2cccc(C(F)(F)F)c2)c1C1CC1.Cl. The minimum atomic E-state index is -4.45. The summed E-state index contributed by atoms with van der Waals surface area (Å²) >= 11 is 0. The molecule has 2 N–H and O–H groups in total. The Hall–Kier alpha value is -2.17. The zero-order valence-electron chi connectivity index (χ0n) is 15.8. The average Bonchev–Trinajstić information content (AvgIpc) is 3.41. The van der Waals surface area contributed by atoms with Crippen molar-refractivity contribution in [2.24, 2.45) is 0 Å². The number of amides is 1. The highest BCUT2D eigenvalue weighted by Gasteiger charge is 2.35. The van der Waals surface area contributed by atoms with E-state index in [9.17, 15) is 18.0 Å². The Kier molecular flexibility index (Phi) is 8.00. The van der Waals surface area contributed by atoms with E-state index in [1.54, 1.807) is 7.11 Å². The topological polar surface area (TPSA) is 81.1 Å².